The first-order valence-electron chi connectivity index (χ1n) is 7.85. The third-order valence-electron chi connectivity index (χ3n) is 4.26. The Bertz CT molecular complexity index is 440. The van der Waals surface area contributed by atoms with E-state index >= 15 is 0 Å². The minimum Gasteiger partial charge on any atom is -0.394 e. The quantitative estimate of drug-likeness (QED) is 0.914. The zero-order valence-corrected chi connectivity index (χ0v) is 13.4. The average Bonchev–Trinajstić information content (AvgIpc) is 2.59. The number of hydrogen-bond donors (Lipinski definition) is 1. The summed E-state index contributed by atoms with van der Waals surface area (Å²) in [5.74, 6) is 1.12. The van der Waals surface area contributed by atoms with Crippen molar-refractivity contribution in [3.8, 4) is 0 Å². The molecule has 20 heavy (non-hydrogen) atoms. The fraction of sp³-hybridized carbons (Fsp3) is 0.800. The van der Waals surface area contributed by atoms with Gasteiger partial charge in [0.15, 0.2) is 5.82 Å². The second-order valence-corrected chi connectivity index (χ2v) is 5.93. The number of aryl methyl sites for hydroxylation is 2. The van der Waals surface area contributed by atoms with Crippen molar-refractivity contribution in [3.05, 3.63) is 5.69 Å². The molecule has 0 aliphatic carbocycles. The number of anilines is 2. The molecule has 1 atom stereocenters. The molecule has 1 aliphatic rings. The molecule has 1 aromatic rings. The molecule has 114 valence electrons. The summed E-state index contributed by atoms with van der Waals surface area (Å²) in [5, 5.41) is 4.63. The predicted octanol–water partition coefficient (Wildman–Crippen LogP) is 1.88. The lowest BCUT2D eigenvalue weighted by Gasteiger charge is -2.32. The van der Waals surface area contributed by atoms with Crippen molar-refractivity contribution in [2.45, 2.75) is 45.6 Å². The van der Waals surface area contributed by atoms with Gasteiger partial charge in [0.25, 0.3) is 0 Å². The molecule has 0 amide bonds. The molecule has 1 unspecified atom stereocenters. The number of likely N-dealkylation sites (N-methyl/N-ethyl adjacent to an activating group) is 1. The van der Waals surface area contributed by atoms with E-state index in [0.29, 0.717) is 6.04 Å². The highest BCUT2D eigenvalue weighted by Gasteiger charge is 2.27. The van der Waals surface area contributed by atoms with Crippen LogP contribution in [0.25, 0.3) is 0 Å². The van der Waals surface area contributed by atoms with Crippen molar-refractivity contribution >= 4 is 11.5 Å². The molecule has 2 rings (SSSR count). The van der Waals surface area contributed by atoms with Gasteiger partial charge in [0.1, 0.15) is 0 Å². The summed E-state index contributed by atoms with van der Waals surface area (Å²) in [6.07, 6.45) is 4.36. The molecule has 2 heterocycles. The summed E-state index contributed by atoms with van der Waals surface area (Å²) in [7, 11) is 4.23. The van der Waals surface area contributed by atoms with Crippen LogP contribution in [0, 0.1) is 0 Å². The second-order valence-electron chi connectivity index (χ2n) is 5.93. The van der Waals surface area contributed by atoms with Crippen LogP contribution in [0.5, 0.6) is 0 Å². The average molecular weight is 279 g/mol. The third-order valence-corrected chi connectivity index (χ3v) is 4.26. The fourth-order valence-electron chi connectivity index (χ4n) is 3.22. The molecular formula is C15H29N5. The van der Waals surface area contributed by atoms with Gasteiger partial charge in [0.2, 0.25) is 0 Å². The highest BCUT2D eigenvalue weighted by molar-refractivity contribution is 5.67. The van der Waals surface area contributed by atoms with E-state index in [0.717, 1.165) is 56.1 Å². The van der Waals surface area contributed by atoms with Crippen LogP contribution in [-0.4, -0.2) is 47.4 Å². The van der Waals surface area contributed by atoms with E-state index in [-0.39, 0.29) is 0 Å². The van der Waals surface area contributed by atoms with E-state index in [2.05, 4.69) is 35.8 Å². The molecule has 0 aromatic carbocycles. The van der Waals surface area contributed by atoms with Gasteiger partial charge in [-0.2, -0.15) is 5.10 Å². The third kappa shape index (κ3) is 2.92. The standard InChI is InChI=1S/C15H29N5/c1-5-8-13-14(16)15(19(4)17-13)20-10-7-9-18(3)11-12(20)6-2/h12H,5-11,16H2,1-4H3. The summed E-state index contributed by atoms with van der Waals surface area (Å²) in [6.45, 7) is 7.76. The minimum atomic E-state index is 0.523. The summed E-state index contributed by atoms with van der Waals surface area (Å²) >= 11 is 0. The van der Waals surface area contributed by atoms with Crippen molar-refractivity contribution in [1.82, 2.24) is 14.7 Å². The van der Waals surface area contributed by atoms with Crippen molar-refractivity contribution in [2.75, 3.05) is 37.3 Å². The van der Waals surface area contributed by atoms with Crippen LogP contribution in [0.1, 0.15) is 38.8 Å². The van der Waals surface area contributed by atoms with Crippen molar-refractivity contribution in [2.24, 2.45) is 7.05 Å². The van der Waals surface area contributed by atoms with Crippen LogP contribution in [0.15, 0.2) is 0 Å². The maximum absolute atomic E-state index is 6.39. The number of aromatic nitrogens is 2. The Labute approximate surface area is 122 Å². The summed E-state index contributed by atoms with van der Waals surface area (Å²) in [5.41, 5.74) is 8.32. The lowest BCUT2D eigenvalue weighted by atomic mass is 10.1. The van der Waals surface area contributed by atoms with Gasteiger partial charge in [-0.1, -0.05) is 20.3 Å². The van der Waals surface area contributed by atoms with Gasteiger partial charge in [-0.05, 0) is 32.9 Å². The van der Waals surface area contributed by atoms with Crippen LogP contribution < -0.4 is 10.6 Å². The molecule has 5 nitrogen and oxygen atoms in total. The number of rotatable bonds is 4. The first-order chi connectivity index (χ1) is 9.58. The Morgan fingerprint density at radius 2 is 2.00 bits per heavy atom. The second kappa shape index (κ2) is 6.48. The number of nitrogens with two attached hydrogens (primary N) is 1. The van der Waals surface area contributed by atoms with E-state index in [1.54, 1.807) is 0 Å². The molecule has 0 spiro atoms. The first kappa shape index (κ1) is 15.2. The monoisotopic (exact) mass is 279 g/mol. The van der Waals surface area contributed by atoms with Gasteiger partial charge in [-0.3, -0.25) is 4.68 Å². The van der Waals surface area contributed by atoms with Gasteiger partial charge < -0.3 is 15.5 Å². The van der Waals surface area contributed by atoms with Crippen molar-refractivity contribution in [3.63, 3.8) is 0 Å². The predicted molar refractivity (Wildman–Crippen MR) is 85.2 cm³/mol. The van der Waals surface area contributed by atoms with Crippen LogP contribution in [0.2, 0.25) is 0 Å². The van der Waals surface area contributed by atoms with E-state index in [4.69, 9.17) is 5.73 Å². The van der Waals surface area contributed by atoms with Gasteiger partial charge >= 0.3 is 0 Å². The number of nitrogens with zero attached hydrogens (tertiary/aromatic N) is 4. The normalized spacial score (nSPS) is 21.2. The molecule has 0 radical (unpaired) electrons. The molecule has 0 saturated carbocycles. The number of hydrogen-bond acceptors (Lipinski definition) is 4. The highest BCUT2D eigenvalue weighted by Crippen LogP contribution is 2.30. The van der Waals surface area contributed by atoms with Gasteiger partial charge in [-0.15, -0.1) is 0 Å². The largest absolute Gasteiger partial charge is 0.394 e. The van der Waals surface area contributed by atoms with Gasteiger partial charge in [0, 0.05) is 26.2 Å². The van der Waals surface area contributed by atoms with Crippen LogP contribution in [-0.2, 0) is 13.5 Å². The summed E-state index contributed by atoms with van der Waals surface area (Å²) in [4.78, 5) is 4.90. The Morgan fingerprint density at radius 1 is 1.25 bits per heavy atom. The maximum atomic E-state index is 6.39. The molecule has 1 aromatic heterocycles. The summed E-state index contributed by atoms with van der Waals surface area (Å²) < 4.78 is 1.98. The zero-order chi connectivity index (χ0) is 14.7. The SMILES string of the molecule is CCCc1nn(C)c(N2CCCN(C)CC2CC)c1N. The van der Waals surface area contributed by atoms with Gasteiger partial charge in [-0.25, -0.2) is 0 Å². The fourth-order valence-corrected chi connectivity index (χ4v) is 3.22. The van der Waals surface area contributed by atoms with Crippen molar-refractivity contribution in [1.29, 1.82) is 0 Å². The first-order valence-corrected chi connectivity index (χ1v) is 7.85. The molecule has 0 bridgehead atoms. The van der Waals surface area contributed by atoms with Crippen LogP contribution >= 0.6 is 0 Å². The molecule has 5 heteroatoms. The lowest BCUT2D eigenvalue weighted by Crippen LogP contribution is -2.41. The molecule has 1 saturated heterocycles. The van der Waals surface area contributed by atoms with E-state index in [1.165, 1.54) is 6.42 Å². The van der Waals surface area contributed by atoms with Gasteiger partial charge in [0.05, 0.1) is 11.4 Å². The Kier molecular flexibility index (Phi) is 4.91. The Balaban J connectivity index is 2.32. The minimum absolute atomic E-state index is 0.523. The van der Waals surface area contributed by atoms with Crippen LogP contribution in [0.3, 0.4) is 0 Å². The van der Waals surface area contributed by atoms with E-state index < -0.39 is 0 Å². The Morgan fingerprint density at radius 3 is 2.65 bits per heavy atom. The van der Waals surface area contributed by atoms with Crippen LogP contribution in [0.4, 0.5) is 11.5 Å². The Hall–Kier alpha value is -1.23. The van der Waals surface area contributed by atoms with E-state index in [9.17, 15) is 0 Å². The lowest BCUT2D eigenvalue weighted by molar-refractivity contribution is 0.327. The highest BCUT2D eigenvalue weighted by atomic mass is 15.4. The molecule has 1 aliphatic heterocycles. The zero-order valence-electron chi connectivity index (χ0n) is 13.4. The maximum Gasteiger partial charge on any atom is 0.150 e. The van der Waals surface area contributed by atoms with Crippen molar-refractivity contribution < 1.29 is 0 Å². The topological polar surface area (TPSA) is 50.3 Å². The molecule has 2 N–H and O–H groups in total. The summed E-state index contributed by atoms with van der Waals surface area (Å²) in [6, 6.07) is 0.523. The molecular weight excluding hydrogens is 250 g/mol. The molecule has 1 fully saturated rings. The number of nitrogen functional groups attached to an aromatic ring is 1. The van der Waals surface area contributed by atoms with E-state index in [1.807, 2.05) is 11.7 Å². The smallest absolute Gasteiger partial charge is 0.150 e.